The first-order chi connectivity index (χ1) is 6.68. The molecule has 0 aliphatic heterocycles. The molecule has 1 atom stereocenters. The molecule has 1 aliphatic carbocycles. The molecule has 2 nitrogen and oxygen atoms in total. The third kappa shape index (κ3) is 2.32. The second kappa shape index (κ2) is 3.70. The van der Waals surface area contributed by atoms with Crippen molar-refractivity contribution < 1.29 is 0 Å². The maximum atomic E-state index is 4.10. The maximum Gasteiger partial charge on any atom is 0.0300 e. The van der Waals surface area contributed by atoms with Gasteiger partial charge in [-0.25, -0.2) is 0 Å². The van der Waals surface area contributed by atoms with Gasteiger partial charge in [-0.1, -0.05) is 19.9 Å². The predicted octanol–water partition coefficient (Wildman–Crippen LogP) is 2.01. The molecule has 0 saturated heterocycles. The minimum atomic E-state index is 0.537. The van der Waals surface area contributed by atoms with E-state index in [1.807, 2.05) is 18.5 Å². The second-order valence-corrected chi connectivity index (χ2v) is 4.81. The lowest BCUT2D eigenvalue weighted by atomic mass is 10.2. The fourth-order valence-electron chi connectivity index (χ4n) is 1.75. The smallest absolute Gasteiger partial charge is 0.0300 e. The minimum Gasteiger partial charge on any atom is -0.313 e. The van der Waals surface area contributed by atoms with Crippen molar-refractivity contribution in [3.8, 4) is 0 Å². The first kappa shape index (κ1) is 9.66. The molecule has 1 aromatic heterocycles. The summed E-state index contributed by atoms with van der Waals surface area (Å²) in [4.78, 5) is 4.10. The van der Waals surface area contributed by atoms with Crippen LogP contribution in [0.1, 0.15) is 25.8 Å². The molecule has 0 radical (unpaired) electrons. The van der Waals surface area contributed by atoms with Crippen molar-refractivity contribution in [1.82, 2.24) is 10.3 Å². The molecule has 2 heteroatoms. The number of nitrogens with zero attached hydrogens (tertiary/aromatic N) is 1. The largest absolute Gasteiger partial charge is 0.313 e. The van der Waals surface area contributed by atoms with E-state index in [2.05, 4.69) is 30.2 Å². The van der Waals surface area contributed by atoms with Gasteiger partial charge >= 0.3 is 0 Å². The van der Waals surface area contributed by atoms with E-state index in [1.54, 1.807) is 0 Å². The van der Waals surface area contributed by atoms with Crippen LogP contribution in [0, 0.1) is 5.41 Å². The number of hydrogen-bond acceptors (Lipinski definition) is 2. The van der Waals surface area contributed by atoms with Crippen LogP contribution in [-0.2, 0) is 6.42 Å². The maximum absolute atomic E-state index is 4.10. The molecule has 0 spiro atoms. The Kier molecular flexibility index (Phi) is 2.55. The lowest BCUT2D eigenvalue weighted by Crippen LogP contribution is -2.23. The van der Waals surface area contributed by atoms with Gasteiger partial charge in [-0.05, 0) is 36.4 Å². The van der Waals surface area contributed by atoms with E-state index in [9.17, 15) is 0 Å². The molecule has 1 aliphatic rings. The highest BCUT2D eigenvalue weighted by atomic mass is 15.0. The summed E-state index contributed by atoms with van der Waals surface area (Å²) in [5, 5.41) is 3.57. The van der Waals surface area contributed by atoms with Gasteiger partial charge in [0.25, 0.3) is 0 Å². The van der Waals surface area contributed by atoms with E-state index in [4.69, 9.17) is 0 Å². The zero-order valence-electron chi connectivity index (χ0n) is 8.96. The Morgan fingerprint density at radius 2 is 2.36 bits per heavy atom. The highest BCUT2D eigenvalue weighted by Crippen LogP contribution is 2.44. The highest BCUT2D eigenvalue weighted by molar-refractivity contribution is 5.09. The molecular formula is C12H18N2. The molecule has 14 heavy (non-hydrogen) atoms. The highest BCUT2D eigenvalue weighted by Gasteiger charge is 2.44. The van der Waals surface area contributed by atoms with Crippen LogP contribution in [0.4, 0.5) is 0 Å². The summed E-state index contributed by atoms with van der Waals surface area (Å²) >= 11 is 0. The quantitative estimate of drug-likeness (QED) is 0.785. The van der Waals surface area contributed by atoms with E-state index >= 15 is 0 Å². The molecule has 1 fully saturated rings. The molecule has 2 rings (SSSR count). The first-order valence-electron chi connectivity index (χ1n) is 5.31. The minimum absolute atomic E-state index is 0.537. The van der Waals surface area contributed by atoms with E-state index in [1.165, 1.54) is 12.0 Å². The Morgan fingerprint density at radius 1 is 1.57 bits per heavy atom. The van der Waals surface area contributed by atoms with Gasteiger partial charge < -0.3 is 5.32 Å². The van der Waals surface area contributed by atoms with Crippen molar-refractivity contribution in [3.63, 3.8) is 0 Å². The number of hydrogen-bond donors (Lipinski definition) is 1. The van der Waals surface area contributed by atoms with Gasteiger partial charge in [-0.2, -0.15) is 0 Å². The average molecular weight is 190 g/mol. The molecule has 1 N–H and O–H groups in total. The van der Waals surface area contributed by atoms with Gasteiger partial charge in [0.1, 0.15) is 0 Å². The molecule has 0 amide bonds. The van der Waals surface area contributed by atoms with Crippen LogP contribution in [0.2, 0.25) is 0 Å². The third-order valence-electron chi connectivity index (χ3n) is 3.04. The lowest BCUT2D eigenvalue weighted by molar-refractivity contribution is 0.544. The molecule has 1 aromatic rings. The van der Waals surface area contributed by atoms with Crippen molar-refractivity contribution in [2.45, 2.75) is 32.7 Å². The molecular weight excluding hydrogens is 172 g/mol. The van der Waals surface area contributed by atoms with Crippen LogP contribution in [0.5, 0.6) is 0 Å². The van der Waals surface area contributed by atoms with Crippen LogP contribution in [-0.4, -0.2) is 17.6 Å². The fourth-order valence-corrected chi connectivity index (χ4v) is 1.75. The van der Waals surface area contributed by atoms with Gasteiger partial charge in [-0.3, -0.25) is 4.98 Å². The fraction of sp³-hybridized carbons (Fsp3) is 0.583. The Balaban J connectivity index is 1.69. The number of nitrogens with one attached hydrogen (secondary N) is 1. The molecule has 76 valence electrons. The van der Waals surface area contributed by atoms with Crippen LogP contribution < -0.4 is 5.32 Å². The summed E-state index contributed by atoms with van der Waals surface area (Å²) in [6.07, 6.45) is 6.17. The van der Waals surface area contributed by atoms with Crippen LogP contribution >= 0.6 is 0 Å². The first-order valence-corrected chi connectivity index (χ1v) is 5.31. The Hall–Kier alpha value is -0.890. The van der Waals surface area contributed by atoms with Crippen molar-refractivity contribution >= 4 is 0 Å². The van der Waals surface area contributed by atoms with E-state index in [0.717, 1.165) is 19.0 Å². The number of rotatable bonds is 4. The topological polar surface area (TPSA) is 24.9 Å². The van der Waals surface area contributed by atoms with Crippen molar-refractivity contribution in [2.75, 3.05) is 6.54 Å². The summed E-state index contributed by atoms with van der Waals surface area (Å²) in [5.74, 6) is 0. The summed E-state index contributed by atoms with van der Waals surface area (Å²) in [6, 6.07) is 4.86. The summed E-state index contributed by atoms with van der Waals surface area (Å²) in [6.45, 7) is 5.70. The van der Waals surface area contributed by atoms with Gasteiger partial charge in [-0.15, -0.1) is 0 Å². The Bertz CT molecular complexity index is 292. The Morgan fingerprint density at radius 3 is 2.93 bits per heavy atom. The van der Waals surface area contributed by atoms with Gasteiger partial charge in [0, 0.05) is 18.4 Å². The molecule has 0 bridgehead atoms. The molecule has 0 aromatic carbocycles. The monoisotopic (exact) mass is 190 g/mol. The van der Waals surface area contributed by atoms with Crippen LogP contribution in [0.3, 0.4) is 0 Å². The van der Waals surface area contributed by atoms with E-state index in [-0.39, 0.29) is 0 Å². The number of pyridine rings is 1. The van der Waals surface area contributed by atoms with Crippen LogP contribution in [0.25, 0.3) is 0 Å². The van der Waals surface area contributed by atoms with Crippen molar-refractivity contribution in [1.29, 1.82) is 0 Å². The van der Waals surface area contributed by atoms with Gasteiger partial charge in [0.2, 0.25) is 0 Å². The van der Waals surface area contributed by atoms with Gasteiger partial charge in [0.15, 0.2) is 0 Å². The average Bonchev–Trinajstić information content (AvgIpc) is 2.76. The molecule has 1 unspecified atom stereocenters. The normalized spacial score (nSPS) is 23.4. The standard InChI is InChI=1S/C12H18N2/c1-12(2)8-11(12)14-7-5-10-4-3-6-13-9-10/h3-4,6,9,11,14H,5,7-8H2,1-2H3. The molecule has 1 heterocycles. The third-order valence-corrected chi connectivity index (χ3v) is 3.04. The number of aromatic nitrogens is 1. The Labute approximate surface area is 85.7 Å². The van der Waals surface area contributed by atoms with Gasteiger partial charge in [0.05, 0.1) is 0 Å². The summed E-state index contributed by atoms with van der Waals surface area (Å²) < 4.78 is 0. The van der Waals surface area contributed by atoms with E-state index in [0.29, 0.717) is 5.41 Å². The zero-order chi connectivity index (χ0) is 10.0. The van der Waals surface area contributed by atoms with Crippen LogP contribution in [0.15, 0.2) is 24.5 Å². The summed E-state index contributed by atoms with van der Waals surface area (Å²) in [7, 11) is 0. The SMILES string of the molecule is CC1(C)CC1NCCc1cccnc1. The predicted molar refractivity (Wildman–Crippen MR) is 58.1 cm³/mol. The summed E-state index contributed by atoms with van der Waals surface area (Å²) in [5.41, 5.74) is 1.85. The van der Waals surface area contributed by atoms with E-state index < -0.39 is 0 Å². The second-order valence-electron chi connectivity index (χ2n) is 4.81. The molecule has 1 saturated carbocycles. The zero-order valence-corrected chi connectivity index (χ0v) is 8.96. The van der Waals surface area contributed by atoms with Crippen molar-refractivity contribution in [3.05, 3.63) is 30.1 Å². The lowest BCUT2D eigenvalue weighted by Gasteiger charge is -2.05. The van der Waals surface area contributed by atoms with Crippen molar-refractivity contribution in [2.24, 2.45) is 5.41 Å².